The first-order chi connectivity index (χ1) is 33.2. The van der Waals surface area contributed by atoms with Crippen molar-refractivity contribution in [2.75, 3.05) is 0 Å². The summed E-state index contributed by atoms with van der Waals surface area (Å²) in [5.41, 5.74) is 31.1. The molecule has 0 aliphatic heterocycles. The van der Waals surface area contributed by atoms with Gasteiger partial charge in [-0.3, -0.25) is 0 Å². The predicted molar refractivity (Wildman–Crippen MR) is 301 cm³/mol. The fourth-order valence-corrected chi connectivity index (χ4v) is 15.8. The molecule has 0 spiro atoms. The summed E-state index contributed by atoms with van der Waals surface area (Å²) < 4.78 is 0. The number of hydrogen-bond donors (Lipinski definition) is 2. The van der Waals surface area contributed by atoms with Gasteiger partial charge in [0.05, 0.1) is 0 Å². The molecule has 4 bridgehead atoms. The van der Waals surface area contributed by atoms with Crippen LogP contribution in [0.25, 0.3) is 0 Å². The van der Waals surface area contributed by atoms with Crippen LogP contribution in [0.1, 0.15) is 90.0 Å². The third kappa shape index (κ3) is 14.0. The molecular weight excluding hydrogens is 1010 g/mol. The Morgan fingerprint density at radius 2 is 0.623 bits per heavy atom. The summed E-state index contributed by atoms with van der Waals surface area (Å²) in [6.45, 7) is 18.0. The average molecular weight is 1070 g/mol. The van der Waals surface area contributed by atoms with Crippen LogP contribution in [0, 0.1) is 55.4 Å². The number of hydrogen-bond acceptors (Lipinski definition) is 2. The molecule has 0 saturated heterocycles. The molecule has 2 unspecified atom stereocenters. The Bertz CT molecular complexity index is 2610. The van der Waals surface area contributed by atoms with Crippen LogP contribution in [0.4, 0.5) is 0 Å². The minimum absolute atomic E-state index is 0.163. The van der Waals surface area contributed by atoms with Crippen molar-refractivity contribution in [1.82, 2.24) is 0 Å². The second kappa shape index (κ2) is 24.7. The van der Waals surface area contributed by atoms with Gasteiger partial charge in [0.1, 0.15) is 0 Å². The van der Waals surface area contributed by atoms with Gasteiger partial charge in [-0.05, 0) is 162 Å². The normalized spacial score (nSPS) is 12.9. The molecule has 8 aromatic carbocycles. The summed E-state index contributed by atoms with van der Waals surface area (Å²) in [4.78, 5) is 0. The first-order valence-corrected chi connectivity index (χ1v) is 31.0. The van der Waals surface area contributed by atoms with Crippen LogP contribution in [0.15, 0.2) is 170 Å². The monoisotopic (exact) mass is 1070 g/mol. The van der Waals surface area contributed by atoms with E-state index in [1.54, 1.807) is 0 Å². The minimum atomic E-state index is -0.707. The van der Waals surface area contributed by atoms with Gasteiger partial charge in [-0.25, -0.2) is 0 Å². The molecule has 8 aromatic rings. The summed E-state index contributed by atoms with van der Waals surface area (Å²) >= 11 is -0.346. The van der Waals surface area contributed by atoms with Crippen molar-refractivity contribution in [1.29, 1.82) is 0 Å². The molecule has 4 N–H and O–H groups in total. The zero-order valence-corrected chi connectivity index (χ0v) is 46.3. The van der Waals surface area contributed by atoms with Crippen LogP contribution in [0.3, 0.4) is 0 Å². The molecule has 12 rings (SSSR count). The Balaban J connectivity index is 0.000000309. The molecule has 0 amide bonds. The van der Waals surface area contributed by atoms with Crippen LogP contribution in [-0.4, -0.2) is 0 Å². The van der Waals surface area contributed by atoms with Crippen molar-refractivity contribution in [2.45, 2.75) is 93.2 Å². The van der Waals surface area contributed by atoms with E-state index in [2.05, 4.69) is 165 Å². The molecule has 2 nitrogen and oxygen atoms in total. The van der Waals surface area contributed by atoms with Gasteiger partial charge in [0.2, 0.25) is 0 Å². The zero-order chi connectivity index (χ0) is 49.2. The van der Waals surface area contributed by atoms with E-state index in [0.717, 1.165) is 36.8 Å². The zero-order valence-electron chi connectivity index (χ0n) is 41.3. The van der Waals surface area contributed by atoms with Crippen molar-refractivity contribution in [2.24, 2.45) is 11.5 Å². The molecule has 0 heterocycles. The summed E-state index contributed by atoms with van der Waals surface area (Å²) in [5.74, 6) is 0. The number of halogens is 2. The van der Waals surface area contributed by atoms with E-state index in [0.29, 0.717) is 0 Å². The van der Waals surface area contributed by atoms with Crippen LogP contribution < -0.4 is 43.3 Å². The molecule has 2 atom stereocenters. The quantitative estimate of drug-likeness (QED) is 0.112. The van der Waals surface area contributed by atoms with E-state index in [9.17, 15) is 0 Å². The SMILES string of the molecule is Cc1cc(C)cc(P(c2cc(C)cc(C)c2)c2cc3ccc2CCc2ccc(c(P(c4cc(C)cc(C)c4)c4cc(C)cc(C)c4)c2)CC3)c1.NC(c1ccccc1)C(N)c1ccccc1.[Cl][Ru+2][Cl]. The summed E-state index contributed by atoms with van der Waals surface area (Å²) in [5, 5.41) is 8.93. The Morgan fingerprint density at radius 1 is 0.362 bits per heavy atom. The fourth-order valence-electron chi connectivity index (χ4n) is 9.87. The summed E-state index contributed by atoms with van der Waals surface area (Å²) in [6.07, 6.45) is 4.14. The molecule has 4 aliphatic carbocycles. The van der Waals surface area contributed by atoms with Gasteiger partial charge >= 0.3 is 34.5 Å². The Kier molecular flexibility index (Phi) is 18.8. The van der Waals surface area contributed by atoms with E-state index in [4.69, 9.17) is 30.8 Å². The van der Waals surface area contributed by atoms with Crippen LogP contribution in [-0.2, 0) is 40.8 Å². The summed E-state index contributed by atoms with van der Waals surface area (Å²) in [6, 6.07) is 63.4. The molecule has 69 heavy (non-hydrogen) atoms. The third-order valence-corrected chi connectivity index (χ3v) is 17.7. The number of benzene rings is 8. The van der Waals surface area contributed by atoms with Crippen LogP contribution in [0.5, 0.6) is 0 Å². The number of rotatable bonds is 9. The van der Waals surface area contributed by atoms with Gasteiger partial charge in [-0.2, -0.15) is 0 Å². The number of nitrogens with two attached hydrogens (primary N) is 2. The Morgan fingerprint density at radius 3 is 0.884 bits per heavy atom. The van der Waals surface area contributed by atoms with Crippen molar-refractivity contribution in [3.8, 4) is 0 Å². The molecule has 4 aliphatic rings. The van der Waals surface area contributed by atoms with Gasteiger partial charge in [0, 0.05) is 12.1 Å². The second-order valence-electron chi connectivity index (χ2n) is 18.9. The van der Waals surface area contributed by atoms with Gasteiger partial charge < -0.3 is 11.5 Å². The average Bonchev–Trinajstić information content (AvgIpc) is 3.30. The Labute approximate surface area is 431 Å². The third-order valence-electron chi connectivity index (χ3n) is 12.8. The van der Waals surface area contributed by atoms with E-state index in [-0.39, 0.29) is 27.2 Å². The number of aryl methyl sites for hydroxylation is 12. The van der Waals surface area contributed by atoms with E-state index in [1.165, 1.54) is 98.6 Å². The maximum absolute atomic E-state index is 6.15. The van der Waals surface area contributed by atoms with E-state index in [1.807, 2.05) is 60.7 Å². The van der Waals surface area contributed by atoms with Crippen molar-refractivity contribution >= 4 is 67.1 Å². The van der Waals surface area contributed by atoms with Crippen molar-refractivity contribution < 1.29 is 15.1 Å². The Hall–Kier alpha value is -4.26. The van der Waals surface area contributed by atoms with Crippen LogP contribution in [0.2, 0.25) is 0 Å². The standard InChI is InChI=1S/C48H50P2.C14H16N2.2ClH.Ru/c1-31-17-32(2)22-43(21-31)49(44-23-33(3)18-34(4)24-44)47-29-39-9-13-41(47)15-11-40-10-14-42(16-12-39)48(30-40)50(45-25-35(5)19-36(6)26-45)46-27-37(7)20-38(8)28-46;15-13(11-7-3-1-4-8-11)14(16)12-9-5-2-6-10-12;;;/h9-10,13-14,17-30H,11-12,15-16H2,1-8H3;1-10,13-14H,15-16H2;2*1H;/q;;;;+4/p-2. The van der Waals surface area contributed by atoms with Gasteiger partial charge in [0.25, 0.3) is 0 Å². The van der Waals surface area contributed by atoms with Gasteiger partial charge in [-0.1, -0.05) is 214 Å². The van der Waals surface area contributed by atoms with E-state index < -0.39 is 15.8 Å². The van der Waals surface area contributed by atoms with Crippen molar-refractivity contribution in [3.05, 3.63) is 248 Å². The topological polar surface area (TPSA) is 52.0 Å². The fraction of sp³-hybridized carbons (Fsp3) is 0.226. The molecule has 354 valence electrons. The predicted octanol–water partition coefficient (Wildman–Crippen LogP) is 13.3. The second-order valence-corrected chi connectivity index (χ2v) is 25.9. The molecule has 0 saturated carbocycles. The van der Waals surface area contributed by atoms with Crippen LogP contribution >= 0.6 is 35.2 Å². The van der Waals surface area contributed by atoms with Gasteiger partial charge in [-0.15, -0.1) is 0 Å². The molecule has 7 heteroatoms. The first kappa shape index (κ1) is 52.6. The van der Waals surface area contributed by atoms with Gasteiger partial charge in [0.15, 0.2) is 0 Å². The summed E-state index contributed by atoms with van der Waals surface area (Å²) in [7, 11) is 8.29. The van der Waals surface area contributed by atoms with Crippen molar-refractivity contribution in [3.63, 3.8) is 0 Å². The molecule has 0 aromatic heterocycles. The first-order valence-electron chi connectivity index (χ1n) is 23.8. The molecule has 0 radical (unpaired) electrons. The molecule has 0 fully saturated rings. The maximum atomic E-state index is 6.15. The van der Waals surface area contributed by atoms with E-state index >= 15 is 0 Å². The molecular formula is C62H66Cl2N2P2Ru+2.